The van der Waals surface area contributed by atoms with Crippen LogP contribution >= 0.6 is 0 Å². The Labute approximate surface area is 95.4 Å². The summed E-state index contributed by atoms with van der Waals surface area (Å²) in [6, 6.07) is 1.93. The van der Waals surface area contributed by atoms with Gasteiger partial charge < -0.3 is 4.48 Å². The second kappa shape index (κ2) is 4.45. The molecule has 0 N–H and O–H groups in total. The first-order valence-corrected chi connectivity index (χ1v) is 6.99. The summed E-state index contributed by atoms with van der Waals surface area (Å²) in [5, 5.41) is 0. The average Bonchev–Trinajstić information content (AvgIpc) is 2.43. The molecule has 1 nitrogen and oxygen atoms in total. The Kier molecular flexibility index (Phi) is 3.39. The van der Waals surface area contributed by atoms with Gasteiger partial charge in [-0.25, -0.2) is 0 Å². The summed E-state index contributed by atoms with van der Waals surface area (Å²) in [5.41, 5.74) is 0. The molecule has 2 saturated heterocycles. The van der Waals surface area contributed by atoms with E-state index in [1.165, 1.54) is 55.8 Å². The van der Waals surface area contributed by atoms with Gasteiger partial charge in [-0.2, -0.15) is 0 Å². The summed E-state index contributed by atoms with van der Waals surface area (Å²) in [7, 11) is 5.02. The minimum Gasteiger partial charge on any atom is -0.323 e. The van der Waals surface area contributed by atoms with Crippen LogP contribution in [0.4, 0.5) is 0 Å². The number of quaternary nitrogens is 1. The number of fused-ring (bicyclic) bond motifs is 2. The van der Waals surface area contributed by atoms with Gasteiger partial charge in [0.2, 0.25) is 0 Å². The minimum absolute atomic E-state index is 0.963. The first-order chi connectivity index (χ1) is 7.16. The minimum atomic E-state index is 0.963. The molecule has 2 bridgehead atoms. The zero-order valence-electron chi connectivity index (χ0n) is 10.8. The van der Waals surface area contributed by atoms with E-state index in [0.717, 1.165) is 18.0 Å². The van der Waals surface area contributed by atoms with Crippen LogP contribution in [-0.2, 0) is 0 Å². The fraction of sp³-hybridized carbons (Fsp3) is 1.00. The van der Waals surface area contributed by atoms with E-state index in [-0.39, 0.29) is 0 Å². The van der Waals surface area contributed by atoms with Gasteiger partial charge in [0.1, 0.15) is 0 Å². The van der Waals surface area contributed by atoms with Crippen molar-refractivity contribution in [3.05, 3.63) is 0 Å². The Morgan fingerprint density at radius 3 is 2.33 bits per heavy atom. The number of nitrogens with zero attached hydrogens (tertiary/aromatic N) is 1. The highest BCUT2D eigenvalue weighted by Gasteiger charge is 2.43. The lowest BCUT2D eigenvalue weighted by Gasteiger charge is -2.44. The molecule has 2 rings (SSSR count). The van der Waals surface area contributed by atoms with Gasteiger partial charge in [-0.3, -0.25) is 0 Å². The van der Waals surface area contributed by atoms with E-state index in [1.807, 2.05) is 0 Å². The van der Waals surface area contributed by atoms with Crippen LogP contribution < -0.4 is 0 Å². The SMILES string of the molecule is CC[C@H]1CCC[C@H]2CCCC[C@@H]1[N+]2(C)C. The molecule has 88 valence electrons. The van der Waals surface area contributed by atoms with Crippen LogP contribution in [0.5, 0.6) is 0 Å². The van der Waals surface area contributed by atoms with Crippen LogP contribution in [0, 0.1) is 5.92 Å². The van der Waals surface area contributed by atoms with E-state index in [1.54, 1.807) is 0 Å². The van der Waals surface area contributed by atoms with Gasteiger partial charge in [-0.15, -0.1) is 0 Å². The van der Waals surface area contributed by atoms with E-state index < -0.39 is 0 Å². The zero-order chi connectivity index (χ0) is 10.9. The first-order valence-electron chi connectivity index (χ1n) is 6.99. The summed E-state index contributed by atoms with van der Waals surface area (Å²) in [4.78, 5) is 0. The van der Waals surface area contributed by atoms with Crippen LogP contribution in [0.25, 0.3) is 0 Å². The average molecular weight is 210 g/mol. The second-order valence-electron chi connectivity index (χ2n) is 6.23. The second-order valence-corrected chi connectivity index (χ2v) is 6.23. The van der Waals surface area contributed by atoms with E-state index in [4.69, 9.17) is 0 Å². The largest absolute Gasteiger partial charge is 0.323 e. The molecule has 0 saturated carbocycles. The third-order valence-corrected chi connectivity index (χ3v) is 5.26. The molecular weight excluding hydrogens is 182 g/mol. The molecule has 0 amide bonds. The smallest absolute Gasteiger partial charge is 0.0916 e. The Morgan fingerprint density at radius 2 is 1.60 bits per heavy atom. The third-order valence-electron chi connectivity index (χ3n) is 5.26. The van der Waals surface area contributed by atoms with Crippen molar-refractivity contribution in [2.45, 2.75) is 70.4 Å². The molecule has 2 heterocycles. The predicted octanol–water partition coefficient (Wildman–Crippen LogP) is 3.58. The lowest BCUT2D eigenvalue weighted by Crippen LogP contribution is -2.56. The Balaban J connectivity index is 2.24. The molecule has 2 aliphatic heterocycles. The molecule has 0 spiro atoms. The number of hydrogen-bond acceptors (Lipinski definition) is 0. The Morgan fingerprint density at radius 1 is 0.933 bits per heavy atom. The maximum Gasteiger partial charge on any atom is 0.0916 e. The summed E-state index contributed by atoms with van der Waals surface area (Å²) in [6.45, 7) is 2.40. The van der Waals surface area contributed by atoms with Gasteiger partial charge >= 0.3 is 0 Å². The lowest BCUT2D eigenvalue weighted by molar-refractivity contribution is -0.940. The lowest BCUT2D eigenvalue weighted by atomic mass is 9.88. The van der Waals surface area contributed by atoms with Gasteiger partial charge in [0.15, 0.2) is 0 Å². The molecule has 0 aromatic carbocycles. The monoisotopic (exact) mass is 210 g/mol. The van der Waals surface area contributed by atoms with Crippen molar-refractivity contribution in [1.29, 1.82) is 0 Å². The molecule has 2 fully saturated rings. The van der Waals surface area contributed by atoms with Crippen LogP contribution in [0.3, 0.4) is 0 Å². The van der Waals surface area contributed by atoms with E-state index >= 15 is 0 Å². The topological polar surface area (TPSA) is 0 Å². The van der Waals surface area contributed by atoms with E-state index in [2.05, 4.69) is 21.0 Å². The fourth-order valence-electron chi connectivity index (χ4n) is 4.21. The van der Waals surface area contributed by atoms with Crippen LogP contribution in [-0.4, -0.2) is 30.7 Å². The molecule has 1 heteroatoms. The van der Waals surface area contributed by atoms with Crippen LogP contribution in [0.1, 0.15) is 58.3 Å². The fourth-order valence-corrected chi connectivity index (χ4v) is 4.21. The van der Waals surface area contributed by atoms with Gasteiger partial charge in [0.05, 0.1) is 26.2 Å². The van der Waals surface area contributed by atoms with Crippen molar-refractivity contribution in [2.24, 2.45) is 5.92 Å². The summed E-state index contributed by atoms with van der Waals surface area (Å²) in [6.07, 6.45) is 11.8. The van der Waals surface area contributed by atoms with Crippen molar-refractivity contribution < 1.29 is 4.48 Å². The highest BCUT2D eigenvalue weighted by molar-refractivity contribution is 4.79. The molecule has 0 aliphatic carbocycles. The molecule has 2 aliphatic rings. The molecule has 0 aromatic rings. The highest BCUT2D eigenvalue weighted by Crippen LogP contribution is 2.39. The Hall–Kier alpha value is -0.0400. The summed E-state index contributed by atoms with van der Waals surface area (Å²) >= 11 is 0. The van der Waals surface area contributed by atoms with E-state index in [0.29, 0.717) is 0 Å². The molecular formula is C14H28N+. The van der Waals surface area contributed by atoms with Crippen molar-refractivity contribution >= 4 is 0 Å². The standard InChI is InChI=1S/C14H28N/c1-4-12-8-7-10-13-9-5-6-11-14(12)15(13,2)3/h12-14H,4-11H2,1-3H3/q+1/t12-,13+,14-/m0/s1. The maximum atomic E-state index is 2.51. The molecule has 0 unspecified atom stereocenters. The normalized spacial score (nSPS) is 40.6. The maximum absolute atomic E-state index is 2.51. The zero-order valence-corrected chi connectivity index (χ0v) is 10.8. The van der Waals surface area contributed by atoms with Gasteiger partial charge in [0, 0.05) is 5.92 Å². The predicted molar refractivity (Wildman–Crippen MR) is 65.8 cm³/mol. The summed E-state index contributed by atoms with van der Waals surface area (Å²) in [5.74, 6) is 1.00. The highest BCUT2D eigenvalue weighted by atomic mass is 15.4. The van der Waals surface area contributed by atoms with E-state index in [9.17, 15) is 0 Å². The van der Waals surface area contributed by atoms with Crippen LogP contribution in [0.2, 0.25) is 0 Å². The quantitative estimate of drug-likeness (QED) is 0.580. The van der Waals surface area contributed by atoms with Gasteiger partial charge in [0.25, 0.3) is 0 Å². The third kappa shape index (κ3) is 2.08. The van der Waals surface area contributed by atoms with Crippen molar-refractivity contribution in [3.8, 4) is 0 Å². The Bertz CT molecular complexity index is 209. The van der Waals surface area contributed by atoms with Crippen molar-refractivity contribution in [3.63, 3.8) is 0 Å². The molecule has 0 aromatic heterocycles. The molecule has 0 radical (unpaired) electrons. The first kappa shape index (κ1) is 11.4. The van der Waals surface area contributed by atoms with Gasteiger partial charge in [-0.05, 0) is 51.4 Å². The number of rotatable bonds is 1. The van der Waals surface area contributed by atoms with Gasteiger partial charge in [-0.1, -0.05) is 6.92 Å². The van der Waals surface area contributed by atoms with Crippen molar-refractivity contribution in [2.75, 3.05) is 14.1 Å². The summed E-state index contributed by atoms with van der Waals surface area (Å²) < 4.78 is 1.33. The molecule has 15 heavy (non-hydrogen) atoms. The van der Waals surface area contributed by atoms with Crippen molar-refractivity contribution in [1.82, 2.24) is 0 Å². The van der Waals surface area contributed by atoms with Crippen LogP contribution in [0.15, 0.2) is 0 Å². The molecule has 3 atom stereocenters. The number of hydrogen-bond donors (Lipinski definition) is 0.